The Labute approximate surface area is 106 Å². The Balaban J connectivity index is 1.68. The van der Waals surface area contributed by atoms with Gasteiger partial charge in [0.15, 0.2) is 11.5 Å². The first-order valence-electron chi connectivity index (χ1n) is 6.11. The van der Waals surface area contributed by atoms with Crippen molar-refractivity contribution in [3.8, 4) is 17.6 Å². The van der Waals surface area contributed by atoms with Crippen molar-refractivity contribution in [3.05, 3.63) is 18.2 Å². The summed E-state index contributed by atoms with van der Waals surface area (Å²) in [5.74, 6) is 1.65. The van der Waals surface area contributed by atoms with E-state index in [0.29, 0.717) is 13.3 Å². The maximum atomic E-state index is 8.67. The van der Waals surface area contributed by atoms with Crippen molar-refractivity contribution in [2.75, 3.05) is 44.4 Å². The molecule has 2 aliphatic heterocycles. The van der Waals surface area contributed by atoms with Crippen molar-refractivity contribution < 1.29 is 9.47 Å². The Bertz CT molecular complexity index is 476. The van der Waals surface area contributed by atoms with Gasteiger partial charge in [-0.2, -0.15) is 5.26 Å². The lowest BCUT2D eigenvalue weighted by atomic mass is 10.2. The average Bonchev–Trinajstić information content (AvgIpc) is 2.87. The number of anilines is 1. The lowest BCUT2D eigenvalue weighted by molar-refractivity contribution is 0.174. The molecule has 1 aromatic carbocycles. The highest BCUT2D eigenvalue weighted by Gasteiger charge is 2.19. The third kappa shape index (κ3) is 2.07. The van der Waals surface area contributed by atoms with Crippen molar-refractivity contribution in [1.29, 1.82) is 5.26 Å². The van der Waals surface area contributed by atoms with E-state index in [1.54, 1.807) is 0 Å². The number of rotatable bonds is 2. The molecule has 0 saturated carbocycles. The minimum atomic E-state index is 0.314. The maximum Gasteiger partial charge on any atom is 0.231 e. The van der Waals surface area contributed by atoms with Gasteiger partial charge in [-0.15, -0.1) is 0 Å². The van der Waals surface area contributed by atoms with Crippen LogP contribution in [0, 0.1) is 11.3 Å². The average molecular weight is 245 g/mol. The van der Waals surface area contributed by atoms with Crippen LogP contribution in [0.4, 0.5) is 5.69 Å². The summed E-state index contributed by atoms with van der Waals surface area (Å²) >= 11 is 0. The second kappa shape index (κ2) is 4.75. The maximum absolute atomic E-state index is 8.67. The molecule has 0 radical (unpaired) electrons. The minimum absolute atomic E-state index is 0.314. The molecule has 0 bridgehead atoms. The van der Waals surface area contributed by atoms with E-state index in [1.165, 1.54) is 0 Å². The van der Waals surface area contributed by atoms with Gasteiger partial charge in [0.1, 0.15) is 0 Å². The van der Waals surface area contributed by atoms with E-state index >= 15 is 0 Å². The second-order valence-corrected chi connectivity index (χ2v) is 4.46. The summed E-state index contributed by atoms with van der Waals surface area (Å²) in [6.07, 6.45) is 0. The number of ether oxygens (including phenoxy) is 2. The van der Waals surface area contributed by atoms with Crippen LogP contribution in [0.2, 0.25) is 0 Å². The molecule has 2 heterocycles. The number of nitrogens with zero attached hydrogens (tertiary/aromatic N) is 3. The first kappa shape index (κ1) is 11.2. The van der Waals surface area contributed by atoms with Crippen molar-refractivity contribution in [3.63, 3.8) is 0 Å². The molecule has 1 fully saturated rings. The third-order valence-corrected chi connectivity index (χ3v) is 3.39. The lowest BCUT2D eigenvalue weighted by Gasteiger charge is -2.34. The molecule has 0 spiro atoms. The summed E-state index contributed by atoms with van der Waals surface area (Å²) in [6.45, 7) is 4.59. The van der Waals surface area contributed by atoms with Gasteiger partial charge in [-0.1, -0.05) is 0 Å². The Kier molecular flexibility index (Phi) is 2.95. The number of fused-ring (bicyclic) bond motifs is 1. The van der Waals surface area contributed by atoms with Crippen LogP contribution in [0.5, 0.6) is 11.5 Å². The molecule has 5 heteroatoms. The first-order chi connectivity index (χ1) is 8.86. The molecule has 3 rings (SSSR count). The molecule has 0 amide bonds. The van der Waals surface area contributed by atoms with Crippen LogP contribution in [-0.4, -0.2) is 44.4 Å². The Morgan fingerprint density at radius 2 is 1.89 bits per heavy atom. The van der Waals surface area contributed by atoms with Gasteiger partial charge in [0.05, 0.1) is 12.6 Å². The van der Waals surface area contributed by atoms with E-state index in [4.69, 9.17) is 14.7 Å². The van der Waals surface area contributed by atoms with Gasteiger partial charge >= 0.3 is 0 Å². The first-order valence-corrected chi connectivity index (χ1v) is 6.11. The molecule has 0 aliphatic carbocycles. The topological polar surface area (TPSA) is 48.7 Å². The number of hydrogen-bond acceptors (Lipinski definition) is 5. The highest BCUT2D eigenvalue weighted by molar-refractivity contribution is 5.57. The van der Waals surface area contributed by atoms with E-state index in [9.17, 15) is 0 Å². The number of benzene rings is 1. The zero-order chi connectivity index (χ0) is 12.4. The van der Waals surface area contributed by atoms with Crippen LogP contribution in [-0.2, 0) is 0 Å². The fourth-order valence-corrected chi connectivity index (χ4v) is 2.35. The quantitative estimate of drug-likeness (QED) is 0.729. The minimum Gasteiger partial charge on any atom is -0.454 e. The molecule has 1 aromatic rings. The highest BCUT2D eigenvalue weighted by atomic mass is 16.7. The van der Waals surface area contributed by atoms with Gasteiger partial charge in [0.2, 0.25) is 6.79 Å². The molecule has 94 valence electrons. The van der Waals surface area contributed by atoms with E-state index in [2.05, 4.69) is 21.9 Å². The van der Waals surface area contributed by atoms with Crippen molar-refractivity contribution in [2.24, 2.45) is 0 Å². The summed E-state index contributed by atoms with van der Waals surface area (Å²) in [5.41, 5.74) is 1.16. The fourth-order valence-electron chi connectivity index (χ4n) is 2.35. The van der Waals surface area contributed by atoms with E-state index < -0.39 is 0 Å². The van der Waals surface area contributed by atoms with Crippen LogP contribution in [0.1, 0.15) is 0 Å². The van der Waals surface area contributed by atoms with Crippen LogP contribution in [0.3, 0.4) is 0 Å². The van der Waals surface area contributed by atoms with E-state index in [-0.39, 0.29) is 0 Å². The fraction of sp³-hybridized carbons (Fsp3) is 0.462. The molecule has 5 nitrogen and oxygen atoms in total. The van der Waals surface area contributed by atoms with Gasteiger partial charge in [0, 0.05) is 37.9 Å². The molecule has 0 atom stereocenters. The molecular formula is C13H15N3O2. The van der Waals surface area contributed by atoms with Gasteiger partial charge < -0.3 is 14.4 Å². The number of hydrogen-bond donors (Lipinski definition) is 0. The lowest BCUT2D eigenvalue weighted by Crippen LogP contribution is -2.46. The zero-order valence-electron chi connectivity index (χ0n) is 10.1. The standard InChI is InChI=1S/C13H15N3O2/c14-3-4-15-5-7-16(8-6-15)11-1-2-12-13(9-11)18-10-17-12/h1-2,9H,4-8,10H2. The van der Waals surface area contributed by atoms with E-state index in [1.807, 2.05) is 12.1 Å². The van der Waals surface area contributed by atoms with Gasteiger partial charge in [-0.05, 0) is 12.1 Å². The predicted molar refractivity (Wildman–Crippen MR) is 66.8 cm³/mol. The summed E-state index contributed by atoms with van der Waals surface area (Å²) in [4.78, 5) is 4.49. The Morgan fingerprint density at radius 3 is 2.67 bits per heavy atom. The van der Waals surface area contributed by atoms with Gasteiger partial charge in [0.25, 0.3) is 0 Å². The zero-order valence-corrected chi connectivity index (χ0v) is 10.1. The molecule has 0 N–H and O–H groups in total. The van der Waals surface area contributed by atoms with Crippen LogP contribution in [0.25, 0.3) is 0 Å². The van der Waals surface area contributed by atoms with Crippen molar-refractivity contribution in [1.82, 2.24) is 4.90 Å². The van der Waals surface area contributed by atoms with Gasteiger partial charge in [-0.25, -0.2) is 0 Å². The summed E-state index contributed by atoms with van der Waals surface area (Å²) < 4.78 is 10.7. The SMILES string of the molecule is N#CCN1CCN(c2ccc3c(c2)OCO3)CC1. The largest absolute Gasteiger partial charge is 0.454 e. The number of nitriles is 1. The Hall–Kier alpha value is -1.93. The third-order valence-electron chi connectivity index (χ3n) is 3.39. The summed E-state index contributed by atoms with van der Waals surface area (Å²) in [6, 6.07) is 8.25. The van der Waals surface area contributed by atoms with Gasteiger partial charge in [-0.3, -0.25) is 4.90 Å². The predicted octanol–water partition coefficient (Wildman–Crippen LogP) is 1.06. The smallest absolute Gasteiger partial charge is 0.231 e. The molecular weight excluding hydrogens is 230 g/mol. The monoisotopic (exact) mass is 245 g/mol. The Morgan fingerprint density at radius 1 is 1.11 bits per heavy atom. The second-order valence-electron chi connectivity index (χ2n) is 4.46. The van der Waals surface area contributed by atoms with Crippen LogP contribution >= 0.6 is 0 Å². The molecule has 18 heavy (non-hydrogen) atoms. The highest BCUT2D eigenvalue weighted by Crippen LogP contribution is 2.35. The van der Waals surface area contributed by atoms with Crippen LogP contribution in [0.15, 0.2) is 18.2 Å². The summed E-state index contributed by atoms with van der Waals surface area (Å²) in [7, 11) is 0. The number of piperazine rings is 1. The molecule has 0 aromatic heterocycles. The van der Waals surface area contributed by atoms with Crippen molar-refractivity contribution >= 4 is 5.69 Å². The molecule has 2 aliphatic rings. The van der Waals surface area contributed by atoms with Crippen LogP contribution < -0.4 is 14.4 Å². The summed E-state index contributed by atoms with van der Waals surface area (Å²) in [5, 5.41) is 8.67. The molecule has 1 saturated heterocycles. The van der Waals surface area contributed by atoms with E-state index in [0.717, 1.165) is 43.4 Å². The molecule has 0 unspecified atom stereocenters. The van der Waals surface area contributed by atoms with Crippen molar-refractivity contribution in [2.45, 2.75) is 0 Å². The normalized spacial score (nSPS) is 18.7.